The maximum Gasteiger partial charge on any atom is 0.243 e. The molecule has 0 aromatic heterocycles. The van der Waals surface area contributed by atoms with Crippen molar-refractivity contribution < 1.29 is 22.7 Å². The van der Waals surface area contributed by atoms with Crippen LogP contribution < -0.4 is 14.8 Å². The Kier molecular flexibility index (Phi) is 5.43. The number of nitrogens with zero attached hydrogens (tertiary/aromatic N) is 1. The van der Waals surface area contributed by atoms with E-state index in [0.717, 1.165) is 4.31 Å². The molecule has 26 heavy (non-hydrogen) atoms. The zero-order chi connectivity index (χ0) is 18.6. The lowest BCUT2D eigenvalue weighted by molar-refractivity contribution is -0.121. The number of hydrogen-bond donors (Lipinski definition) is 1. The summed E-state index contributed by atoms with van der Waals surface area (Å²) in [5.41, 5.74) is 0. The first kappa shape index (κ1) is 18.2. The third kappa shape index (κ3) is 4.14. The van der Waals surface area contributed by atoms with Crippen molar-refractivity contribution in [3.8, 4) is 11.5 Å². The fourth-order valence-corrected chi connectivity index (χ4v) is 3.66. The quantitative estimate of drug-likeness (QED) is 0.821. The fraction of sp³-hybridized carbons (Fsp3) is 0.278. The van der Waals surface area contributed by atoms with Gasteiger partial charge in [-0.25, -0.2) is 8.42 Å². The van der Waals surface area contributed by atoms with Crippen LogP contribution in [0.1, 0.15) is 0 Å². The minimum absolute atomic E-state index is 0.149. The fourth-order valence-electron chi connectivity index (χ4n) is 2.51. The molecule has 0 fully saturated rings. The van der Waals surface area contributed by atoms with E-state index in [1.165, 1.54) is 19.2 Å². The van der Waals surface area contributed by atoms with Gasteiger partial charge in [0.25, 0.3) is 0 Å². The van der Waals surface area contributed by atoms with Crippen molar-refractivity contribution in [2.24, 2.45) is 0 Å². The van der Waals surface area contributed by atoms with Gasteiger partial charge in [0.15, 0.2) is 11.5 Å². The highest BCUT2D eigenvalue weighted by molar-refractivity contribution is 7.89. The van der Waals surface area contributed by atoms with E-state index < -0.39 is 15.9 Å². The van der Waals surface area contributed by atoms with Crippen molar-refractivity contribution in [2.45, 2.75) is 11.0 Å². The van der Waals surface area contributed by atoms with Crippen molar-refractivity contribution in [2.75, 3.05) is 26.7 Å². The Morgan fingerprint density at radius 3 is 2.50 bits per heavy atom. The number of carbonyl (C=O) groups excluding carboxylic acids is 1. The maximum atomic E-state index is 12.4. The van der Waals surface area contributed by atoms with Crippen molar-refractivity contribution in [1.29, 1.82) is 0 Å². The van der Waals surface area contributed by atoms with E-state index in [2.05, 4.69) is 5.32 Å². The maximum absolute atomic E-state index is 12.4. The minimum atomic E-state index is -3.70. The zero-order valence-electron chi connectivity index (χ0n) is 14.3. The van der Waals surface area contributed by atoms with Crippen LogP contribution in [0.2, 0.25) is 0 Å². The molecule has 138 valence electrons. The van der Waals surface area contributed by atoms with Crippen molar-refractivity contribution in [1.82, 2.24) is 9.62 Å². The normalized spacial score (nSPS) is 16.3. The summed E-state index contributed by atoms with van der Waals surface area (Å²) in [6.45, 7) is 0.267. The Morgan fingerprint density at radius 2 is 1.77 bits per heavy atom. The Balaban J connectivity index is 1.52. The van der Waals surface area contributed by atoms with Gasteiger partial charge < -0.3 is 14.8 Å². The van der Waals surface area contributed by atoms with E-state index in [-0.39, 0.29) is 24.1 Å². The molecule has 3 rings (SSSR count). The summed E-state index contributed by atoms with van der Waals surface area (Å²) < 4.78 is 37.2. The second-order valence-electron chi connectivity index (χ2n) is 5.88. The topological polar surface area (TPSA) is 84.9 Å². The Bertz CT molecular complexity index is 870. The third-order valence-corrected chi connectivity index (χ3v) is 5.73. The zero-order valence-corrected chi connectivity index (χ0v) is 15.1. The molecule has 2 aromatic rings. The van der Waals surface area contributed by atoms with Gasteiger partial charge in [0.2, 0.25) is 15.9 Å². The molecule has 1 heterocycles. The number of fused-ring (bicyclic) bond motifs is 1. The molecule has 0 bridgehead atoms. The SMILES string of the molecule is CN(CC(=O)NC[C@H]1COc2ccccc2O1)S(=O)(=O)c1ccccc1. The van der Waals surface area contributed by atoms with Crippen LogP contribution >= 0.6 is 0 Å². The first-order chi connectivity index (χ1) is 12.5. The van der Waals surface area contributed by atoms with Crippen LogP contribution in [0.5, 0.6) is 11.5 Å². The van der Waals surface area contributed by atoms with Gasteiger partial charge in [0.05, 0.1) is 18.0 Å². The molecule has 1 atom stereocenters. The number of carbonyl (C=O) groups is 1. The molecule has 0 saturated heterocycles. The number of rotatable bonds is 6. The molecule has 1 amide bonds. The summed E-state index contributed by atoms with van der Waals surface area (Å²) in [6.07, 6.45) is -0.329. The van der Waals surface area contributed by atoms with Gasteiger partial charge in [0, 0.05) is 7.05 Å². The molecule has 2 aromatic carbocycles. The molecule has 7 nitrogen and oxygen atoms in total. The third-order valence-electron chi connectivity index (χ3n) is 3.91. The standard InChI is InChI=1S/C18H20N2O5S/c1-20(26(22,23)15-7-3-2-4-8-15)12-18(21)19-11-14-13-24-16-9-5-6-10-17(16)25-14/h2-10,14H,11-13H2,1H3,(H,19,21)/t14-/m0/s1. The van der Waals surface area contributed by atoms with Gasteiger partial charge in [-0.3, -0.25) is 4.79 Å². The van der Waals surface area contributed by atoms with Gasteiger partial charge in [-0.1, -0.05) is 30.3 Å². The lowest BCUT2D eigenvalue weighted by atomic mass is 10.2. The van der Waals surface area contributed by atoms with Gasteiger partial charge in [-0.2, -0.15) is 4.31 Å². The molecular weight excluding hydrogens is 356 g/mol. The van der Waals surface area contributed by atoms with E-state index >= 15 is 0 Å². The van der Waals surface area contributed by atoms with Gasteiger partial charge in [-0.05, 0) is 24.3 Å². The Labute approximate surface area is 152 Å². The van der Waals surface area contributed by atoms with Crippen molar-refractivity contribution in [3.63, 3.8) is 0 Å². The second-order valence-corrected chi connectivity index (χ2v) is 7.92. The van der Waals surface area contributed by atoms with E-state index in [9.17, 15) is 13.2 Å². The van der Waals surface area contributed by atoms with E-state index in [1.807, 2.05) is 18.2 Å². The molecule has 0 spiro atoms. The molecule has 1 aliphatic heterocycles. The van der Waals surface area contributed by atoms with Crippen LogP contribution in [0.15, 0.2) is 59.5 Å². The highest BCUT2D eigenvalue weighted by Gasteiger charge is 2.24. The average molecular weight is 376 g/mol. The summed E-state index contributed by atoms with van der Waals surface area (Å²) in [7, 11) is -2.33. The minimum Gasteiger partial charge on any atom is -0.486 e. The number of amides is 1. The summed E-state index contributed by atoms with van der Waals surface area (Å²) in [5, 5.41) is 2.69. The molecule has 1 N–H and O–H groups in total. The number of nitrogens with one attached hydrogen (secondary N) is 1. The number of likely N-dealkylation sites (N-methyl/N-ethyl adjacent to an activating group) is 1. The number of hydrogen-bond acceptors (Lipinski definition) is 5. The Morgan fingerprint density at radius 1 is 1.12 bits per heavy atom. The molecule has 0 aliphatic carbocycles. The summed E-state index contributed by atoms with van der Waals surface area (Å²) >= 11 is 0. The first-order valence-electron chi connectivity index (χ1n) is 8.13. The largest absolute Gasteiger partial charge is 0.486 e. The average Bonchev–Trinajstić information content (AvgIpc) is 2.67. The molecule has 0 unspecified atom stereocenters. The van der Waals surface area contributed by atoms with Crippen LogP contribution in [-0.4, -0.2) is 51.5 Å². The number of sulfonamides is 1. The Hall–Kier alpha value is -2.58. The van der Waals surface area contributed by atoms with Crippen LogP contribution in [0, 0.1) is 0 Å². The van der Waals surface area contributed by atoms with Crippen LogP contribution in [0.3, 0.4) is 0 Å². The van der Waals surface area contributed by atoms with E-state index in [0.29, 0.717) is 18.1 Å². The highest BCUT2D eigenvalue weighted by Crippen LogP contribution is 2.30. The molecule has 0 radical (unpaired) electrons. The molecule has 1 aliphatic rings. The summed E-state index contributed by atoms with van der Waals surface area (Å²) in [5.74, 6) is 0.889. The van der Waals surface area contributed by atoms with Gasteiger partial charge in [0.1, 0.15) is 12.7 Å². The smallest absolute Gasteiger partial charge is 0.243 e. The van der Waals surface area contributed by atoms with Crippen molar-refractivity contribution >= 4 is 15.9 Å². The summed E-state index contributed by atoms with van der Waals surface area (Å²) in [6, 6.07) is 15.3. The van der Waals surface area contributed by atoms with Crippen LogP contribution in [0.25, 0.3) is 0 Å². The lowest BCUT2D eigenvalue weighted by Gasteiger charge is -2.26. The second kappa shape index (κ2) is 7.76. The molecular formula is C18H20N2O5S. The van der Waals surface area contributed by atoms with Crippen molar-refractivity contribution in [3.05, 3.63) is 54.6 Å². The monoisotopic (exact) mass is 376 g/mol. The predicted octanol–water partition coefficient (Wildman–Crippen LogP) is 1.26. The molecule has 8 heteroatoms. The van der Waals surface area contributed by atoms with Crippen LogP contribution in [-0.2, 0) is 14.8 Å². The first-order valence-corrected chi connectivity index (χ1v) is 9.57. The number of para-hydroxylation sites is 2. The summed E-state index contributed by atoms with van der Waals surface area (Å²) in [4.78, 5) is 12.3. The molecule has 0 saturated carbocycles. The number of ether oxygens (including phenoxy) is 2. The lowest BCUT2D eigenvalue weighted by Crippen LogP contribution is -2.44. The van der Waals surface area contributed by atoms with Crippen LogP contribution in [0.4, 0.5) is 0 Å². The highest BCUT2D eigenvalue weighted by atomic mass is 32.2. The predicted molar refractivity (Wildman–Crippen MR) is 95.6 cm³/mol. The van der Waals surface area contributed by atoms with Gasteiger partial charge >= 0.3 is 0 Å². The van der Waals surface area contributed by atoms with E-state index in [4.69, 9.17) is 9.47 Å². The number of benzene rings is 2. The van der Waals surface area contributed by atoms with E-state index in [1.54, 1.807) is 24.3 Å². The van der Waals surface area contributed by atoms with Gasteiger partial charge in [-0.15, -0.1) is 0 Å².